The van der Waals surface area contributed by atoms with E-state index >= 15 is 0 Å². The van der Waals surface area contributed by atoms with E-state index in [1.165, 1.54) is 32.2 Å². The van der Waals surface area contributed by atoms with Gasteiger partial charge < -0.3 is 14.8 Å². The average Bonchev–Trinajstić information content (AvgIpc) is 2.59. The number of ether oxygens (including phenoxy) is 2. The van der Waals surface area contributed by atoms with Crippen molar-refractivity contribution in [2.45, 2.75) is 18.4 Å². The van der Waals surface area contributed by atoms with Crippen LogP contribution in [0.5, 0.6) is 5.75 Å². The molecule has 0 saturated heterocycles. The molecule has 2 aromatic rings. The fraction of sp³-hybridized carbons (Fsp3) is 0.176. The molecule has 8 nitrogen and oxygen atoms in total. The molecule has 0 aromatic heterocycles. The topological polar surface area (TPSA) is 125 Å². The van der Waals surface area contributed by atoms with E-state index in [0.29, 0.717) is 21.3 Å². The highest BCUT2D eigenvalue weighted by Gasteiger charge is 2.16. The number of hydrogen-bond donors (Lipinski definition) is 2. The van der Waals surface area contributed by atoms with Crippen LogP contribution in [0.4, 0.5) is 5.69 Å². The van der Waals surface area contributed by atoms with Crippen LogP contribution >= 0.6 is 15.9 Å². The third-order valence-corrected chi connectivity index (χ3v) is 5.19. The standard InChI is InChI=1S/C17H17BrN2O6S/c1-10(21)26-9-12-7-11(3-5-14(12)18)17(22)20-13-4-6-16(27(19,23)24)15(8-13)25-2/h3-8H,9H2,1-2H3,(H,20,22)(H2,19,23,24). The molecular formula is C17H17BrN2O6S. The predicted molar refractivity (Wildman–Crippen MR) is 102 cm³/mol. The van der Waals surface area contributed by atoms with Gasteiger partial charge in [-0.1, -0.05) is 15.9 Å². The van der Waals surface area contributed by atoms with Gasteiger partial charge in [0.05, 0.1) is 7.11 Å². The number of nitrogens with two attached hydrogens (primary N) is 1. The second-order valence-electron chi connectivity index (χ2n) is 5.45. The first-order valence-electron chi connectivity index (χ1n) is 7.56. The summed E-state index contributed by atoms with van der Waals surface area (Å²) in [6, 6.07) is 8.84. The Hall–Kier alpha value is -2.43. The monoisotopic (exact) mass is 456 g/mol. The molecule has 2 rings (SSSR count). The molecule has 0 heterocycles. The summed E-state index contributed by atoms with van der Waals surface area (Å²) >= 11 is 3.33. The first kappa shape index (κ1) is 20.9. The van der Waals surface area contributed by atoms with Crippen molar-refractivity contribution in [1.82, 2.24) is 0 Å². The summed E-state index contributed by atoms with van der Waals surface area (Å²) in [4.78, 5) is 23.3. The molecule has 0 atom stereocenters. The summed E-state index contributed by atoms with van der Waals surface area (Å²) in [6.07, 6.45) is 0. The van der Waals surface area contributed by atoms with E-state index in [0.717, 1.165) is 0 Å². The highest BCUT2D eigenvalue weighted by atomic mass is 79.9. The molecule has 144 valence electrons. The lowest BCUT2D eigenvalue weighted by Crippen LogP contribution is -2.15. The number of esters is 1. The summed E-state index contributed by atoms with van der Waals surface area (Å²) in [5, 5.41) is 7.77. The number of hydrogen-bond acceptors (Lipinski definition) is 6. The third-order valence-electron chi connectivity index (χ3n) is 3.47. The summed E-state index contributed by atoms with van der Waals surface area (Å²) in [6.45, 7) is 1.32. The van der Waals surface area contributed by atoms with Crippen molar-refractivity contribution in [3.8, 4) is 5.75 Å². The maximum Gasteiger partial charge on any atom is 0.302 e. The highest BCUT2D eigenvalue weighted by Crippen LogP contribution is 2.27. The van der Waals surface area contributed by atoms with Gasteiger partial charge >= 0.3 is 5.97 Å². The Labute approximate surface area is 164 Å². The second-order valence-corrected chi connectivity index (χ2v) is 7.84. The van der Waals surface area contributed by atoms with Crippen LogP contribution < -0.4 is 15.2 Å². The van der Waals surface area contributed by atoms with Gasteiger partial charge in [0, 0.05) is 34.3 Å². The number of carbonyl (C=O) groups excluding carboxylic acids is 2. The molecule has 0 aliphatic rings. The van der Waals surface area contributed by atoms with Gasteiger partial charge in [0.15, 0.2) is 0 Å². The number of carbonyl (C=O) groups is 2. The Morgan fingerprint density at radius 3 is 2.48 bits per heavy atom. The van der Waals surface area contributed by atoms with Crippen molar-refractivity contribution in [2.24, 2.45) is 5.14 Å². The first-order valence-corrected chi connectivity index (χ1v) is 9.89. The Bertz CT molecular complexity index is 991. The number of sulfonamides is 1. The van der Waals surface area contributed by atoms with Crippen molar-refractivity contribution >= 4 is 43.5 Å². The van der Waals surface area contributed by atoms with Crippen LogP contribution in [0.3, 0.4) is 0 Å². The van der Waals surface area contributed by atoms with E-state index in [-0.39, 0.29) is 17.3 Å². The minimum absolute atomic E-state index is 0.0154. The van der Waals surface area contributed by atoms with E-state index in [1.807, 2.05) is 0 Å². The van der Waals surface area contributed by atoms with E-state index in [4.69, 9.17) is 14.6 Å². The number of halogens is 1. The van der Waals surface area contributed by atoms with Crippen LogP contribution in [0.2, 0.25) is 0 Å². The van der Waals surface area contributed by atoms with E-state index in [2.05, 4.69) is 21.2 Å². The smallest absolute Gasteiger partial charge is 0.302 e. The molecule has 3 N–H and O–H groups in total. The van der Waals surface area contributed by atoms with Crippen LogP contribution in [0.25, 0.3) is 0 Å². The van der Waals surface area contributed by atoms with E-state index in [1.54, 1.807) is 18.2 Å². The molecule has 1 amide bonds. The fourth-order valence-electron chi connectivity index (χ4n) is 2.19. The molecule has 0 unspecified atom stereocenters. The van der Waals surface area contributed by atoms with Gasteiger partial charge in [0.25, 0.3) is 5.91 Å². The molecule has 0 spiro atoms. The average molecular weight is 457 g/mol. The van der Waals surface area contributed by atoms with Gasteiger partial charge in [-0.2, -0.15) is 0 Å². The maximum absolute atomic E-state index is 12.5. The lowest BCUT2D eigenvalue weighted by molar-refractivity contribution is -0.142. The van der Waals surface area contributed by atoms with Crippen LogP contribution in [-0.4, -0.2) is 27.4 Å². The van der Waals surface area contributed by atoms with Gasteiger partial charge in [-0.15, -0.1) is 0 Å². The number of anilines is 1. The Morgan fingerprint density at radius 1 is 1.19 bits per heavy atom. The van der Waals surface area contributed by atoms with Crippen molar-refractivity contribution in [3.05, 3.63) is 52.0 Å². The lowest BCUT2D eigenvalue weighted by atomic mass is 10.1. The third kappa shape index (κ3) is 5.52. The Kier molecular flexibility index (Phi) is 6.58. The van der Waals surface area contributed by atoms with E-state index < -0.39 is 21.9 Å². The van der Waals surface area contributed by atoms with Crippen molar-refractivity contribution in [1.29, 1.82) is 0 Å². The van der Waals surface area contributed by atoms with Gasteiger partial charge in [-0.05, 0) is 30.3 Å². The van der Waals surface area contributed by atoms with Crippen molar-refractivity contribution in [2.75, 3.05) is 12.4 Å². The molecule has 0 fully saturated rings. The van der Waals surface area contributed by atoms with Crippen LogP contribution in [-0.2, 0) is 26.2 Å². The minimum atomic E-state index is -3.95. The quantitative estimate of drug-likeness (QED) is 0.642. The van der Waals surface area contributed by atoms with Crippen LogP contribution in [0, 0.1) is 0 Å². The second kappa shape index (κ2) is 8.51. The highest BCUT2D eigenvalue weighted by molar-refractivity contribution is 9.10. The SMILES string of the molecule is COc1cc(NC(=O)c2ccc(Br)c(COC(C)=O)c2)ccc1S(N)(=O)=O. The number of benzene rings is 2. The molecule has 0 bridgehead atoms. The predicted octanol–water partition coefficient (Wildman–Crippen LogP) is 2.42. The molecule has 0 aliphatic carbocycles. The maximum atomic E-state index is 12.5. The number of amides is 1. The fourth-order valence-corrected chi connectivity index (χ4v) is 3.23. The van der Waals surface area contributed by atoms with Crippen LogP contribution in [0.1, 0.15) is 22.8 Å². The minimum Gasteiger partial charge on any atom is -0.495 e. The van der Waals surface area contributed by atoms with Gasteiger partial charge in [-0.25, -0.2) is 13.6 Å². The lowest BCUT2D eigenvalue weighted by Gasteiger charge is -2.11. The van der Waals surface area contributed by atoms with Gasteiger partial charge in [0.1, 0.15) is 17.3 Å². The number of rotatable bonds is 6. The zero-order chi connectivity index (χ0) is 20.2. The summed E-state index contributed by atoms with van der Waals surface area (Å²) in [7, 11) is -2.65. The molecule has 27 heavy (non-hydrogen) atoms. The molecule has 0 radical (unpaired) electrons. The summed E-state index contributed by atoms with van der Waals surface area (Å²) < 4.78 is 33.7. The van der Waals surface area contributed by atoms with Crippen molar-refractivity contribution < 1.29 is 27.5 Å². The van der Waals surface area contributed by atoms with Gasteiger partial charge in [-0.3, -0.25) is 9.59 Å². The normalized spacial score (nSPS) is 11.0. The molecular weight excluding hydrogens is 440 g/mol. The summed E-state index contributed by atoms with van der Waals surface area (Å²) in [5.74, 6) is -0.850. The van der Waals surface area contributed by atoms with Gasteiger partial charge in [0.2, 0.25) is 10.0 Å². The largest absolute Gasteiger partial charge is 0.495 e. The molecule has 0 saturated carbocycles. The molecule has 0 aliphatic heterocycles. The van der Waals surface area contributed by atoms with E-state index in [9.17, 15) is 18.0 Å². The number of nitrogens with one attached hydrogen (secondary N) is 1. The number of primary sulfonamides is 1. The summed E-state index contributed by atoms with van der Waals surface area (Å²) in [5.41, 5.74) is 1.28. The molecule has 10 heteroatoms. The van der Waals surface area contributed by atoms with Crippen LogP contribution in [0.15, 0.2) is 45.8 Å². The Morgan fingerprint density at radius 2 is 1.89 bits per heavy atom. The zero-order valence-electron chi connectivity index (χ0n) is 14.5. The molecule has 2 aromatic carbocycles. The van der Waals surface area contributed by atoms with Crippen molar-refractivity contribution in [3.63, 3.8) is 0 Å². The number of methoxy groups -OCH3 is 1. The zero-order valence-corrected chi connectivity index (χ0v) is 16.9. The Balaban J connectivity index is 2.24. The first-order chi connectivity index (χ1) is 12.6.